The quantitative estimate of drug-likeness (QED) is 0.671. The Bertz CT molecular complexity index is 985. The predicted molar refractivity (Wildman–Crippen MR) is 101 cm³/mol. The van der Waals surface area contributed by atoms with Crippen LogP contribution in [0.5, 0.6) is 0 Å². The van der Waals surface area contributed by atoms with Gasteiger partial charge in [0.05, 0.1) is 18.8 Å². The Morgan fingerprint density at radius 2 is 1.85 bits per heavy atom. The fourth-order valence-corrected chi connectivity index (χ4v) is 3.77. The van der Waals surface area contributed by atoms with Crippen LogP contribution in [0.25, 0.3) is 11.3 Å². The van der Waals surface area contributed by atoms with E-state index in [1.165, 1.54) is 12.8 Å². The smallest absolute Gasteiger partial charge is 0.266 e. The molecular weight excluding hydrogens is 340 g/mol. The molecule has 1 aliphatic heterocycles. The molecule has 0 aromatic carbocycles. The molecule has 3 aromatic heterocycles. The minimum atomic E-state index is -0.0458. The van der Waals surface area contributed by atoms with Gasteiger partial charge in [-0.25, -0.2) is 9.67 Å². The molecular formula is C20H22N6O. The highest BCUT2D eigenvalue weighted by Crippen LogP contribution is 2.36. The topological polar surface area (TPSA) is 68.8 Å². The second kappa shape index (κ2) is 6.74. The molecule has 3 aromatic rings. The van der Waals surface area contributed by atoms with Crippen molar-refractivity contribution in [2.24, 2.45) is 5.92 Å². The summed E-state index contributed by atoms with van der Waals surface area (Å²) in [5, 5.41) is 4.55. The SMILES string of the molecule is O=c1ccc(-c2ccncc2)nn1CC1CN(Cc2nccn2C2CC2)C1. The Kier molecular flexibility index (Phi) is 4.09. The Hall–Kier alpha value is -2.80. The molecule has 1 saturated heterocycles. The van der Waals surface area contributed by atoms with E-state index < -0.39 is 0 Å². The minimum Gasteiger partial charge on any atom is -0.331 e. The summed E-state index contributed by atoms with van der Waals surface area (Å²) in [7, 11) is 0. The molecule has 5 rings (SSSR count). The van der Waals surface area contributed by atoms with Gasteiger partial charge in [0.1, 0.15) is 5.82 Å². The molecule has 0 spiro atoms. The van der Waals surface area contributed by atoms with Gasteiger partial charge in [0, 0.05) is 61.5 Å². The van der Waals surface area contributed by atoms with E-state index in [1.54, 1.807) is 29.2 Å². The Balaban J connectivity index is 1.22. The van der Waals surface area contributed by atoms with Crippen molar-refractivity contribution in [1.82, 2.24) is 29.2 Å². The molecule has 0 amide bonds. The average molecular weight is 362 g/mol. The van der Waals surface area contributed by atoms with Gasteiger partial charge in [0.2, 0.25) is 0 Å². The van der Waals surface area contributed by atoms with Crippen LogP contribution in [0.2, 0.25) is 0 Å². The largest absolute Gasteiger partial charge is 0.331 e. The van der Waals surface area contributed by atoms with E-state index in [2.05, 4.69) is 30.7 Å². The van der Waals surface area contributed by atoms with E-state index in [4.69, 9.17) is 0 Å². The van der Waals surface area contributed by atoms with Crippen LogP contribution >= 0.6 is 0 Å². The normalized spacial score (nSPS) is 17.8. The highest BCUT2D eigenvalue weighted by Gasteiger charge is 2.30. The first-order valence-electron chi connectivity index (χ1n) is 9.49. The second-order valence-corrected chi connectivity index (χ2v) is 7.52. The van der Waals surface area contributed by atoms with Gasteiger partial charge in [-0.15, -0.1) is 0 Å². The molecule has 0 N–H and O–H groups in total. The maximum absolute atomic E-state index is 12.2. The lowest BCUT2D eigenvalue weighted by molar-refractivity contribution is 0.0729. The van der Waals surface area contributed by atoms with Crippen LogP contribution in [-0.4, -0.2) is 42.3 Å². The molecule has 4 heterocycles. The first-order valence-corrected chi connectivity index (χ1v) is 9.49. The number of aromatic nitrogens is 5. The Labute approximate surface area is 157 Å². The van der Waals surface area contributed by atoms with E-state index in [0.29, 0.717) is 18.5 Å². The van der Waals surface area contributed by atoms with Crippen molar-refractivity contribution in [3.63, 3.8) is 0 Å². The van der Waals surface area contributed by atoms with Gasteiger partial charge in [-0.3, -0.25) is 14.7 Å². The van der Waals surface area contributed by atoms with E-state index in [-0.39, 0.29) is 5.56 Å². The van der Waals surface area contributed by atoms with Crippen molar-refractivity contribution in [2.75, 3.05) is 13.1 Å². The highest BCUT2D eigenvalue weighted by atomic mass is 16.1. The predicted octanol–water partition coefficient (Wildman–Crippen LogP) is 1.97. The van der Waals surface area contributed by atoms with E-state index in [0.717, 1.165) is 36.7 Å². The number of pyridine rings is 1. The van der Waals surface area contributed by atoms with Crippen LogP contribution in [0.3, 0.4) is 0 Å². The molecule has 0 radical (unpaired) electrons. The fourth-order valence-electron chi connectivity index (χ4n) is 3.77. The number of hydrogen-bond donors (Lipinski definition) is 0. The van der Waals surface area contributed by atoms with Gasteiger partial charge in [0.25, 0.3) is 5.56 Å². The van der Waals surface area contributed by atoms with Crippen molar-refractivity contribution in [1.29, 1.82) is 0 Å². The molecule has 2 fully saturated rings. The summed E-state index contributed by atoms with van der Waals surface area (Å²) >= 11 is 0. The van der Waals surface area contributed by atoms with Crippen molar-refractivity contribution in [2.45, 2.75) is 32.0 Å². The second-order valence-electron chi connectivity index (χ2n) is 7.52. The van der Waals surface area contributed by atoms with Gasteiger partial charge < -0.3 is 4.57 Å². The maximum Gasteiger partial charge on any atom is 0.266 e. The molecule has 7 heteroatoms. The third-order valence-electron chi connectivity index (χ3n) is 5.36. The summed E-state index contributed by atoms with van der Waals surface area (Å²) in [5.41, 5.74) is 1.73. The van der Waals surface area contributed by atoms with Crippen molar-refractivity contribution in [3.8, 4) is 11.3 Å². The molecule has 7 nitrogen and oxygen atoms in total. The first kappa shape index (κ1) is 16.4. The van der Waals surface area contributed by atoms with Gasteiger partial charge in [-0.2, -0.15) is 5.10 Å². The standard InChI is InChI=1S/C20H22N6O/c27-20-4-3-18(16-5-7-21-8-6-16)23-26(20)13-15-11-24(12-15)14-19-22-9-10-25(19)17-1-2-17/h3-10,15,17H,1-2,11-14H2. The number of likely N-dealkylation sites (tertiary alicyclic amines) is 1. The van der Waals surface area contributed by atoms with E-state index in [1.807, 2.05) is 18.3 Å². The molecule has 138 valence electrons. The zero-order valence-corrected chi connectivity index (χ0v) is 15.1. The average Bonchev–Trinajstić information content (AvgIpc) is 3.41. The molecule has 0 atom stereocenters. The van der Waals surface area contributed by atoms with E-state index >= 15 is 0 Å². The summed E-state index contributed by atoms with van der Waals surface area (Å²) in [6.45, 7) is 3.50. The van der Waals surface area contributed by atoms with Gasteiger partial charge >= 0.3 is 0 Å². The van der Waals surface area contributed by atoms with Crippen LogP contribution in [0.1, 0.15) is 24.7 Å². The maximum atomic E-state index is 12.2. The number of hydrogen-bond acceptors (Lipinski definition) is 5. The Morgan fingerprint density at radius 1 is 1.04 bits per heavy atom. The summed E-state index contributed by atoms with van der Waals surface area (Å²) in [4.78, 5) is 23.1. The van der Waals surface area contributed by atoms with Gasteiger partial charge in [-0.05, 0) is 31.0 Å². The number of imidazole rings is 1. The minimum absolute atomic E-state index is 0.0458. The lowest BCUT2D eigenvalue weighted by atomic mass is 10.0. The van der Waals surface area contributed by atoms with Crippen LogP contribution in [0.4, 0.5) is 0 Å². The third kappa shape index (κ3) is 3.42. The number of rotatable bonds is 6. The molecule has 0 unspecified atom stereocenters. The molecule has 2 aliphatic rings. The zero-order chi connectivity index (χ0) is 18.2. The summed E-state index contributed by atoms with van der Waals surface area (Å²) in [6, 6.07) is 7.86. The van der Waals surface area contributed by atoms with Crippen LogP contribution in [0.15, 0.2) is 53.8 Å². The van der Waals surface area contributed by atoms with Crippen molar-refractivity contribution in [3.05, 3.63) is 65.2 Å². The van der Waals surface area contributed by atoms with E-state index in [9.17, 15) is 4.79 Å². The van der Waals surface area contributed by atoms with Crippen LogP contribution in [-0.2, 0) is 13.1 Å². The third-order valence-corrected chi connectivity index (χ3v) is 5.36. The fraction of sp³-hybridized carbons (Fsp3) is 0.400. The molecule has 27 heavy (non-hydrogen) atoms. The summed E-state index contributed by atoms with van der Waals surface area (Å²) < 4.78 is 3.92. The van der Waals surface area contributed by atoms with Crippen LogP contribution in [0, 0.1) is 5.92 Å². The molecule has 1 saturated carbocycles. The van der Waals surface area contributed by atoms with Gasteiger partial charge in [-0.1, -0.05) is 0 Å². The highest BCUT2D eigenvalue weighted by molar-refractivity contribution is 5.56. The lowest BCUT2D eigenvalue weighted by Gasteiger charge is -2.39. The van der Waals surface area contributed by atoms with Gasteiger partial charge in [0.15, 0.2) is 0 Å². The lowest BCUT2D eigenvalue weighted by Crippen LogP contribution is -2.49. The van der Waals surface area contributed by atoms with Crippen molar-refractivity contribution < 1.29 is 0 Å². The summed E-state index contributed by atoms with van der Waals surface area (Å²) in [6.07, 6.45) is 10.0. The first-order chi connectivity index (χ1) is 13.3. The Morgan fingerprint density at radius 3 is 2.63 bits per heavy atom. The molecule has 0 bridgehead atoms. The summed E-state index contributed by atoms with van der Waals surface area (Å²) in [5.74, 6) is 1.61. The van der Waals surface area contributed by atoms with Crippen LogP contribution < -0.4 is 5.56 Å². The monoisotopic (exact) mass is 362 g/mol. The number of nitrogens with zero attached hydrogens (tertiary/aromatic N) is 6. The zero-order valence-electron chi connectivity index (χ0n) is 15.1. The molecule has 1 aliphatic carbocycles. The van der Waals surface area contributed by atoms with Crippen molar-refractivity contribution >= 4 is 0 Å².